The number of phenolic OH excluding ortho intramolecular Hbond substituents is 1. The Labute approximate surface area is 118 Å². The molecule has 0 bridgehead atoms. The van der Waals surface area contributed by atoms with Gasteiger partial charge in [-0.1, -0.05) is 6.07 Å². The number of carbonyl (C=O) groups excluding carboxylic acids is 1. The molecular formula is C17H20O3. The standard InChI is InChI=1S/C17H20O3/c1-17-7-6-13-12-5-3-11(18)8-10(12)2-4-14(13)15(17)9-20-16(17)19/h3,5,8,13-15,18H,2,4,6-7,9H2,1H3/t13-,14-,15-,17-/m0/s1. The van der Waals surface area contributed by atoms with Crippen LogP contribution in [-0.4, -0.2) is 17.7 Å². The normalized spacial score (nSPS) is 38.6. The minimum atomic E-state index is -0.254. The Morgan fingerprint density at radius 3 is 3.05 bits per heavy atom. The van der Waals surface area contributed by atoms with Crippen molar-refractivity contribution in [2.75, 3.05) is 6.61 Å². The van der Waals surface area contributed by atoms with Crippen molar-refractivity contribution in [2.45, 2.75) is 38.5 Å². The summed E-state index contributed by atoms with van der Waals surface area (Å²) >= 11 is 0. The number of aromatic hydroxyl groups is 1. The number of phenols is 1. The molecule has 0 aromatic heterocycles. The van der Waals surface area contributed by atoms with Crippen LogP contribution >= 0.6 is 0 Å². The number of carbonyl (C=O) groups is 1. The molecule has 2 fully saturated rings. The van der Waals surface area contributed by atoms with Gasteiger partial charge in [-0.25, -0.2) is 0 Å². The van der Waals surface area contributed by atoms with Crippen molar-refractivity contribution < 1.29 is 14.6 Å². The lowest BCUT2D eigenvalue weighted by molar-refractivity contribution is -0.147. The van der Waals surface area contributed by atoms with Gasteiger partial charge in [-0.05, 0) is 67.7 Å². The van der Waals surface area contributed by atoms with E-state index in [1.165, 1.54) is 11.1 Å². The number of hydrogen-bond donors (Lipinski definition) is 1. The summed E-state index contributed by atoms with van der Waals surface area (Å²) in [7, 11) is 0. The van der Waals surface area contributed by atoms with E-state index in [2.05, 4.69) is 13.0 Å². The highest BCUT2D eigenvalue weighted by Crippen LogP contribution is 2.57. The van der Waals surface area contributed by atoms with Gasteiger partial charge < -0.3 is 9.84 Å². The number of aryl methyl sites for hydroxylation is 1. The van der Waals surface area contributed by atoms with Gasteiger partial charge in [0.25, 0.3) is 0 Å². The van der Waals surface area contributed by atoms with E-state index < -0.39 is 0 Å². The maximum absolute atomic E-state index is 12.0. The molecule has 4 atom stereocenters. The second-order valence-corrected chi connectivity index (χ2v) is 6.85. The Bertz CT molecular complexity index is 580. The summed E-state index contributed by atoms with van der Waals surface area (Å²) in [6, 6.07) is 5.79. The average molecular weight is 272 g/mol. The SMILES string of the molecule is C[C@]12CC[C@H]3c4ccc(O)cc4CC[C@@H]3[C@@H]1COC2=O. The van der Waals surface area contributed by atoms with Crippen molar-refractivity contribution in [3.05, 3.63) is 29.3 Å². The zero-order valence-corrected chi connectivity index (χ0v) is 11.8. The molecule has 0 amide bonds. The third-order valence-corrected chi connectivity index (χ3v) is 5.96. The van der Waals surface area contributed by atoms with Crippen molar-refractivity contribution >= 4 is 5.97 Å². The van der Waals surface area contributed by atoms with Crippen molar-refractivity contribution in [1.29, 1.82) is 0 Å². The zero-order chi connectivity index (χ0) is 13.9. The molecule has 2 aliphatic carbocycles. The molecule has 1 aromatic rings. The van der Waals surface area contributed by atoms with Crippen LogP contribution in [0.1, 0.15) is 43.2 Å². The molecule has 3 nitrogen and oxygen atoms in total. The molecule has 0 radical (unpaired) electrons. The molecule has 1 aromatic carbocycles. The maximum Gasteiger partial charge on any atom is 0.312 e. The number of ether oxygens (including phenoxy) is 1. The predicted octanol–water partition coefficient (Wildman–Crippen LogP) is 3.01. The van der Waals surface area contributed by atoms with Gasteiger partial charge in [0.1, 0.15) is 5.75 Å². The van der Waals surface area contributed by atoms with E-state index in [1.54, 1.807) is 6.07 Å². The maximum atomic E-state index is 12.0. The van der Waals surface area contributed by atoms with Gasteiger partial charge in [0.05, 0.1) is 12.0 Å². The van der Waals surface area contributed by atoms with Crippen LogP contribution < -0.4 is 0 Å². The fourth-order valence-corrected chi connectivity index (χ4v) is 4.78. The Morgan fingerprint density at radius 2 is 2.20 bits per heavy atom. The fourth-order valence-electron chi connectivity index (χ4n) is 4.78. The van der Waals surface area contributed by atoms with E-state index in [0.717, 1.165) is 25.7 Å². The molecule has 1 saturated heterocycles. The first-order valence-electron chi connectivity index (χ1n) is 7.58. The summed E-state index contributed by atoms with van der Waals surface area (Å²) in [4.78, 5) is 12.0. The Kier molecular flexibility index (Phi) is 2.45. The average Bonchev–Trinajstić information content (AvgIpc) is 2.74. The molecule has 3 aliphatic rings. The van der Waals surface area contributed by atoms with Crippen molar-refractivity contribution in [1.82, 2.24) is 0 Å². The summed E-state index contributed by atoms with van der Waals surface area (Å²) in [5, 5.41) is 9.65. The lowest BCUT2D eigenvalue weighted by Crippen LogP contribution is -2.43. The van der Waals surface area contributed by atoms with Gasteiger partial charge in [-0.2, -0.15) is 0 Å². The minimum Gasteiger partial charge on any atom is -0.508 e. The predicted molar refractivity (Wildman–Crippen MR) is 74.4 cm³/mol. The van der Waals surface area contributed by atoms with E-state index >= 15 is 0 Å². The summed E-state index contributed by atoms with van der Waals surface area (Å²) in [5.41, 5.74) is 2.43. The van der Waals surface area contributed by atoms with Crippen molar-refractivity contribution in [3.8, 4) is 5.75 Å². The third-order valence-electron chi connectivity index (χ3n) is 5.96. The van der Waals surface area contributed by atoms with E-state index in [0.29, 0.717) is 30.1 Å². The molecule has 106 valence electrons. The summed E-state index contributed by atoms with van der Waals surface area (Å²) in [6.45, 7) is 2.69. The largest absolute Gasteiger partial charge is 0.508 e. The number of benzene rings is 1. The lowest BCUT2D eigenvalue weighted by atomic mass is 9.55. The number of esters is 1. The highest BCUT2D eigenvalue weighted by atomic mass is 16.5. The first kappa shape index (κ1) is 12.2. The van der Waals surface area contributed by atoms with E-state index in [4.69, 9.17) is 4.74 Å². The minimum absolute atomic E-state index is 0.0115. The van der Waals surface area contributed by atoms with Crippen LogP contribution in [0, 0.1) is 17.3 Å². The summed E-state index contributed by atoms with van der Waals surface area (Å²) in [5.74, 6) is 1.83. The Morgan fingerprint density at radius 1 is 1.35 bits per heavy atom. The number of hydrogen-bond acceptors (Lipinski definition) is 3. The van der Waals surface area contributed by atoms with Gasteiger partial charge in [0, 0.05) is 5.92 Å². The number of rotatable bonds is 0. The molecule has 1 saturated carbocycles. The smallest absolute Gasteiger partial charge is 0.312 e. The monoisotopic (exact) mass is 272 g/mol. The van der Waals surface area contributed by atoms with Crippen molar-refractivity contribution in [3.63, 3.8) is 0 Å². The van der Waals surface area contributed by atoms with Gasteiger partial charge in [-0.15, -0.1) is 0 Å². The van der Waals surface area contributed by atoms with Crippen LogP contribution in [-0.2, 0) is 16.0 Å². The molecule has 4 rings (SSSR count). The number of cyclic esters (lactones) is 1. The first-order valence-corrected chi connectivity index (χ1v) is 7.58. The van der Waals surface area contributed by atoms with Crippen molar-refractivity contribution in [2.24, 2.45) is 17.3 Å². The Hall–Kier alpha value is -1.51. The molecule has 1 heterocycles. The van der Waals surface area contributed by atoms with Gasteiger partial charge >= 0.3 is 5.97 Å². The summed E-state index contributed by atoms with van der Waals surface area (Å²) in [6.07, 6.45) is 4.10. The molecule has 1 aliphatic heterocycles. The van der Waals surface area contributed by atoms with Gasteiger partial charge in [0.2, 0.25) is 0 Å². The Balaban J connectivity index is 1.73. The second kappa shape index (κ2) is 4.00. The van der Waals surface area contributed by atoms with Crippen LogP contribution in [0.4, 0.5) is 0 Å². The zero-order valence-electron chi connectivity index (χ0n) is 11.8. The molecule has 0 unspecified atom stereocenters. The van der Waals surface area contributed by atoms with Gasteiger partial charge in [-0.3, -0.25) is 4.79 Å². The van der Waals surface area contributed by atoms with E-state index in [9.17, 15) is 9.90 Å². The quantitative estimate of drug-likeness (QED) is 0.738. The van der Waals surface area contributed by atoms with Crippen LogP contribution in [0.5, 0.6) is 5.75 Å². The topological polar surface area (TPSA) is 46.5 Å². The molecule has 3 heteroatoms. The van der Waals surface area contributed by atoms with E-state index in [-0.39, 0.29) is 11.4 Å². The molecule has 1 N–H and O–H groups in total. The third kappa shape index (κ3) is 1.49. The van der Waals surface area contributed by atoms with Crippen LogP contribution in [0.25, 0.3) is 0 Å². The van der Waals surface area contributed by atoms with Crippen LogP contribution in [0.2, 0.25) is 0 Å². The second-order valence-electron chi connectivity index (χ2n) is 6.85. The first-order chi connectivity index (χ1) is 9.59. The van der Waals surface area contributed by atoms with Gasteiger partial charge in [0.15, 0.2) is 0 Å². The highest BCUT2D eigenvalue weighted by Gasteiger charge is 2.56. The lowest BCUT2D eigenvalue weighted by Gasteiger charge is -2.46. The molecule has 0 spiro atoms. The highest BCUT2D eigenvalue weighted by molar-refractivity contribution is 5.79. The van der Waals surface area contributed by atoms with E-state index in [1.807, 2.05) is 6.07 Å². The van der Waals surface area contributed by atoms with Crippen LogP contribution in [0.15, 0.2) is 18.2 Å². The van der Waals surface area contributed by atoms with Crippen LogP contribution in [0.3, 0.4) is 0 Å². The summed E-state index contributed by atoms with van der Waals surface area (Å²) < 4.78 is 5.38. The number of fused-ring (bicyclic) bond motifs is 5. The molecule has 20 heavy (non-hydrogen) atoms. The fraction of sp³-hybridized carbons (Fsp3) is 0.588. The molecular weight excluding hydrogens is 252 g/mol.